The lowest BCUT2D eigenvalue weighted by molar-refractivity contribution is 0.442. The van der Waals surface area contributed by atoms with E-state index in [0.717, 1.165) is 22.8 Å². The number of nitrogens with one attached hydrogen (secondary N) is 2. The van der Waals surface area contributed by atoms with E-state index in [1.165, 1.54) is 5.01 Å². The Hall–Kier alpha value is -1.65. The zero-order valence-corrected chi connectivity index (χ0v) is 10.4. The Bertz CT molecular complexity index is 479. The Kier molecular flexibility index (Phi) is 3.26. The molecule has 4 N–H and O–H groups in total. The van der Waals surface area contributed by atoms with E-state index in [1.807, 2.05) is 18.2 Å². The number of anilines is 2. The van der Waals surface area contributed by atoms with E-state index in [-0.39, 0.29) is 0 Å². The third-order valence-electron chi connectivity index (χ3n) is 2.61. The van der Waals surface area contributed by atoms with Crippen molar-refractivity contribution in [3.63, 3.8) is 0 Å². The van der Waals surface area contributed by atoms with Gasteiger partial charge in [0.05, 0.1) is 11.4 Å². The molecule has 0 saturated heterocycles. The highest BCUT2D eigenvalue weighted by Crippen LogP contribution is 2.30. The van der Waals surface area contributed by atoms with Crippen molar-refractivity contribution in [2.24, 2.45) is 5.84 Å². The highest BCUT2D eigenvalue weighted by molar-refractivity contribution is 6.31. The summed E-state index contributed by atoms with van der Waals surface area (Å²) in [6.45, 7) is 4.46. The molecule has 0 aromatic heterocycles. The molecule has 2 rings (SSSR count). The Balaban J connectivity index is 2.44. The van der Waals surface area contributed by atoms with Gasteiger partial charge in [-0.05, 0) is 18.2 Å². The lowest BCUT2D eigenvalue weighted by Crippen LogP contribution is -2.30. The third-order valence-corrected chi connectivity index (χ3v) is 2.84. The van der Waals surface area contributed by atoms with E-state index >= 15 is 0 Å². The van der Waals surface area contributed by atoms with Crippen LogP contribution in [0, 0.1) is 0 Å². The van der Waals surface area contributed by atoms with Gasteiger partial charge in [-0.1, -0.05) is 24.3 Å². The second-order valence-electron chi connectivity index (χ2n) is 3.86. The standard InChI is InChI=1S/C12H15ClN4/c1-3-8-7-15-10-5-4-9(13)6-11(10)16-12(8)17(2)14/h3-6,15-16H,1,7,14H2,2H3. The molecule has 0 aliphatic carbocycles. The number of hydrogen-bond donors (Lipinski definition) is 3. The summed E-state index contributed by atoms with van der Waals surface area (Å²) in [4.78, 5) is 0. The fourth-order valence-electron chi connectivity index (χ4n) is 1.74. The predicted molar refractivity (Wildman–Crippen MR) is 72.7 cm³/mol. The van der Waals surface area contributed by atoms with Crippen LogP contribution in [-0.4, -0.2) is 18.6 Å². The summed E-state index contributed by atoms with van der Waals surface area (Å²) in [5.74, 6) is 6.62. The molecule has 5 heteroatoms. The summed E-state index contributed by atoms with van der Waals surface area (Å²) in [5, 5.41) is 8.78. The molecule has 17 heavy (non-hydrogen) atoms. The first kappa shape index (κ1) is 11.8. The van der Waals surface area contributed by atoms with Crippen LogP contribution in [0.3, 0.4) is 0 Å². The van der Waals surface area contributed by atoms with E-state index in [4.69, 9.17) is 17.4 Å². The van der Waals surface area contributed by atoms with Gasteiger partial charge in [-0.25, -0.2) is 5.84 Å². The molecular weight excluding hydrogens is 236 g/mol. The number of hydrazine groups is 1. The molecule has 1 aromatic rings. The molecule has 1 heterocycles. The topological polar surface area (TPSA) is 53.3 Å². The SMILES string of the molecule is C=CC1=C(N(C)N)Nc2cc(Cl)ccc2NC1. The molecule has 0 atom stereocenters. The number of benzene rings is 1. The maximum atomic E-state index is 5.98. The first-order chi connectivity index (χ1) is 8.11. The van der Waals surface area contributed by atoms with Gasteiger partial charge < -0.3 is 10.6 Å². The van der Waals surface area contributed by atoms with Gasteiger partial charge in [0, 0.05) is 24.2 Å². The van der Waals surface area contributed by atoms with Crippen molar-refractivity contribution >= 4 is 23.0 Å². The number of hydrogen-bond acceptors (Lipinski definition) is 4. The molecule has 1 aromatic carbocycles. The number of rotatable bonds is 2. The van der Waals surface area contributed by atoms with Gasteiger partial charge in [-0.15, -0.1) is 0 Å². The van der Waals surface area contributed by atoms with Crippen LogP contribution in [0.2, 0.25) is 5.02 Å². The molecule has 0 saturated carbocycles. The minimum Gasteiger partial charge on any atom is -0.379 e. The Morgan fingerprint density at radius 3 is 2.88 bits per heavy atom. The van der Waals surface area contributed by atoms with Gasteiger partial charge in [0.1, 0.15) is 5.82 Å². The largest absolute Gasteiger partial charge is 0.379 e. The summed E-state index contributed by atoms with van der Waals surface area (Å²) in [5.41, 5.74) is 2.90. The molecule has 0 unspecified atom stereocenters. The van der Waals surface area contributed by atoms with Crippen molar-refractivity contribution in [1.82, 2.24) is 5.01 Å². The second-order valence-corrected chi connectivity index (χ2v) is 4.29. The van der Waals surface area contributed by atoms with Crippen molar-refractivity contribution in [1.29, 1.82) is 0 Å². The van der Waals surface area contributed by atoms with E-state index < -0.39 is 0 Å². The first-order valence-corrected chi connectivity index (χ1v) is 5.64. The number of nitrogens with zero attached hydrogens (tertiary/aromatic N) is 1. The summed E-state index contributed by atoms with van der Waals surface area (Å²) >= 11 is 5.98. The minimum atomic E-state index is 0.669. The van der Waals surface area contributed by atoms with Gasteiger partial charge in [-0.3, -0.25) is 5.01 Å². The van der Waals surface area contributed by atoms with Crippen LogP contribution in [0.1, 0.15) is 0 Å². The monoisotopic (exact) mass is 250 g/mol. The molecule has 90 valence electrons. The molecular formula is C12H15ClN4. The second kappa shape index (κ2) is 4.69. The number of nitrogens with two attached hydrogens (primary N) is 1. The van der Waals surface area contributed by atoms with Crippen LogP contribution < -0.4 is 16.5 Å². The Labute approximate surface area is 106 Å². The lowest BCUT2D eigenvalue weighted by atomic mass is 10.2. The maximum absolute atomic E-state index is 5.98. The Morgan fingerprint density at radius 1 is 1.47 bits per heavy atom. The molecule has 1 aliphatic rings. The molecule has 0 spiro atoms. The van der Waals surface area contributed by atoms with Gasteiger partial charge >= 0.3 is 0 Å². The van der Waals surface area contributed by atoms with Crippen LogP contribution in [-0.2, 0) is 0 Å². The van der Waals surface area contributed by atoms with Crippen molar-refractivity contribution in [3.05, 3.63) is 47.3 Å². The van der Waals surface area contributed by atoms with Gasteiger partial charge in [0.25, 0.3) is 0 Å². The lowest BCUT2D eigenvalue weighted by Gasteiger charge is -2.20. The predicted octanol–water partition coefficient (Wildman–Crippen LogP) is 2.38. The smallest absolute Gasteiger partial charge is 0.125 e. The Morgan fingerprint density at radius 2 is 2.24 bits per heavy atom. The van der Waals surface area contributed by atoms with Crippen molar-refractivity contribution in [2.45, 2.75) is 0 Å². The molecule has 0 fully saturated rings. The van der Waals surface area contributed by atoms with Crippen LogP contribution in [0.15, 0.2) is 42.2 Å². The van der Waals surface area contributed by atoms with Crippen molar-refractivity contribution in [3.8, 4) is 0 Å². The van der Waals surface area contributed by atoms with Crippen LogP contribution in [0.4, 0.5) is 11.4 Å². The third kappa shape index (κ3) is 2.38. The summed E-state index contributed by atoms with van der Waals surface area (Å²) in [6.07, 6.45) is 1.78. The van der Waals surface area contributed by atoms with Crippen molar-refractivity contribution < 1.29 is 0 Å². The van der Waals surface area contributed by atoms with Crippen LogP contribution in [0.5, 0.6) is 0 Å². The molecule has 1 aliphatic heterocycles. The van der Waals surface area contributed by atoms with E-state index in [0.29, 0.717) is 11.6 Å². The molecule has 0 bridgehead atoms. The van der Waals surface area contributed by atoms with Gasteiger partial charge in [-0.2, -0.15) is 0 Å². The number of halogens is 1. The van der Waals surface area contributed by atoms with Crippen molar-refractivity contribution in [2.75, 3.05) is 24.2 Å². The van der Waals surface area contributed by atoms with E-state index in [9.17, 15) is 0 Å². The summed E-state index contributed by atoms with van der Waals surface area (Å²) in [6, 6.07) is 5.64. The fourth-order valence-corrected chi connectivity index (χ4v) is 1.91. The van der Waals surface area contributed by atoms with Crippen LogP contribution in [0.25, 0.3) is 0 Å². The van der Waals surface area contributed by atoms with Gasteiger partial charge in [0.15, 0.2) is 0 Å². The normalized spacial score (nSPS) is 14.3. The average Bonchev–Trinajstić information content (AvgIpc) is 2.47. The van der Waals surface area contributed by atoms with E-state index in [2.05, 4.69) is 17.2 Å². The van der Waals surface area contributed by atoms with E-state index in [1.54, 1.807) is 13.1 Å². The molecule has 4 nitrogen and oxygen atoms in total. The maximum Gasteiger partial charge on any atom is 0.125 e. The number of fused-ring (bicyclic) bond motifs is 1. The fraction of sp³-hybridized carbons (Fsp3) is 0.167. The van der Waals surface area contributed by atoms with Gasteiger partial charge in [0.2, 0.25) is 0 Å². The highest BCUT2D eigenvalue weighted by atomic mass is 35.5. The average molecular weight is 251 g/mol. The zero-order chi connectivity index (χ0) is 12.4. The quantitative estimate of drug-likeness (QED) is 0.557. The first-order valence-electron chi connectivity index (χ1n) is 5.26. The summed E-state index contributed by atoms with van der Waals surface area (Å²) in [7, 11) is 1.78. The molecule has 0 radical (unpaired) electrons. The minimum absolute atomic E-state index is 0.669. The summed E-state index contributed by atoms with van der Waals surface area (Å²) < 4.78 is 0. The van der Waals surface area contributed by atoms with Crippen LogP contribution >= 0.6 is 11.6 Å². The zero-order valence-electron chi connectivity index (χ0n) is 9.63. The molecule has 0 amide bonds. The highest BCUT2D eigenvalue weighted by Gasteiger charge is 2.15.